The van der Waals surface area contributed by atoms with E-state index >= 15 is 0 Å². The number of hydrogen-bond donors (Lipinski definition) is 2. The molecule has 2 heterocycles. The van der Waals surface area contributed by atoms with E-state index < -0.39 is 0 Å². The first-order chi connectivity index (χ1) is 9.76. The summed E-state index contributed by atoms with van der Waals surface area (Å²) in [6.45, 7) is 11.3. The third kappa shape index (κ3) is 3.93. The van der Waals surface area contributed by atoms with Crippen molar-refractivity contribution < 1.29 is 4.79 Å². The van der Waals surface area contributed by atoms with Gasteiger partial charge in [0.25, 0.3) is 0 Å². The fourth-order valence-electron chi connectivity index (χ4n) is 3.48. The van der Waals surface area contributed by atoms with Gasteiger partial charge in [-0.1, -0.05) is 6.92 Å². The van der Waals surface area contributed by atoms with Crippen LogP contribution in [0, 0.1) is 0 Å². The molecule has 0 saturated carbocycles. The third-order valence-corrected chi connectivity index (χ3v) is 4.50. The molecule has 2 saturated heterocycles. The van der Waals surface area contributed by atoms with Crippen molar-refractivity contribution in [3.63, 3.8) is 0 Å². The monoisotopic (exact) mass is 282 g/mol. The maximum Gasteiger partial charge on any atom is 0.238 e. The Balaban J connectivity index is 1.90. The number of piperazine rings is 1. The Kier molecular flexibility index (Phi) is 6.26. The zero-order valence-electron chi connectivity index (χ0n) is 13.0. The van der Waals surface area contributed by atoms with E-state index in [-0.39, 0.29) is 11.9 Å². The topological polar surface area (TPSA) is 47.6 Å². The summed E-state index contributed by atoms with van der Waals surface area (Å²) in [5.41, 5.74) is 0. The predicted molar refractivity (Wildman–Crippen MR) is 81.8 cm³/mol. The second kappa shape index (κ2) is 7.96. The van der Waals surface area contributed by atoms with Crippen molar-refractivity contribution >= 4 is 5.91 Å². The SMILES string of the molecule is CCCN1CCC(N2CCNCC2C(=O)NCC)CC1. The minimum absolute atomic E-state index is 0.0198. The molecule has 1 amide bonds. The van der Waals surface area contributed by atoms with Crippen molar-refractivity contribution in [1.29, 1.82) is 0 Å². The molecule has 2 aliphatic rings. The van der Waals surface area contributed by atoms with Gasteiger partial charge in [0.15, 0.2) is 0 Å². The molecule has 0 aromatic heterocycles. The summed E-state index contributed by atoms with van der Waals surface area (Å²) in [6.07, 6.45) is 3.64. The average molecular weight is 282 g/mol. The summed E-state index contributed by atoms with van der Waals surface area (Å²) in [5, 5.41) is 6.34. The first-order valence-corrected chi connectivity index (χ1v) is 8.22. The smallest absolute Gasteiger partial charge is 0.238 e. The second-order valence-electron chi connectivity index (χ2n) is 5.93. The van der Waals surface area contributed by atoms with Crippen LogP contribution in [0.3, 0.4) is 0 Å². The molecule has 2 fully saturated rings. The first kappa shape index (κ1) is 15.7. The van der Waals surface area contributed by atoms with Gasteiger partial charge in [-0.05, 0) is 45.8 Å². The maximum absolute atomic E-state index is 12.2. The fourth-order valence-corrected chi connectivity index (χ4v) is 3.48. The van der Waals surface area contributed by atoms with Crippen LogP contribution in [0.15, 0.2) is 0 Å². The van der Waals surface area contributed by atoms with E-state index in [0.717, 1.165) is 26.2 Å². The lowest BCUT2D eigenvalue weighted by Crippen LogP contribution is -2.62. The summed E-state index contributed by atoms with van der Waals surface area (Å²) in [7, 11) is 0. The molecule has 2 N–H and O–H groups in total. The third-order valence-electron chi connectivity index (χ3n) is 4.50. The molecule has 0 bridgehead atoms. The Hall–Kier alpha value is -0.650. The van der Waals surface area contributed by atoms with Crippen LogP contribution in [0.2, 0.25) is 0 Å². The van der Waals surface area contributed by atoms with Crippen molar-refractivity contribution in [1.82, 2.24) is 20.4 Å². The molecule has 1 atom stereocenters. The minimum atomic E-state index is 0.0198. The van der Waals surface area contributed by atoms with Crippen LogP contribution in [0.1, 0.15) is 33.1 Å². The van der Waals surface area contributed by atoms with Gasteiger partial charge in [-0.15, -0.1) is 0 Å². The lowest BCUT2D eigenvalue weighted by Gasteiger charge is -2.44. The van der Waals surface area contributed by atoms with Crippen molar-refractivity contribution in [3.05, 3.63) is 0 Å². The van der Waals surface area contributed by atoms with Gasteiger partial charge in [0.05, 0.1) is 0 Å². The number of amides is 1. The average Bonchev–Trinajstić information content (AvgIpc) is 2.49. The first-order valence-electron chi connectivity index (χ1n) is 8.22. The highest BCUT2D eigenvalue weighted by Gasteiger charge is 2.34. The van der Waals surface area contributed by atoms with E-state index in [1.807, 2.05) is 6.92 Å². The summed E-state index contributed by atoms with van der Waals surface area (Å²) in [5.74, 6) is 0.190. The summed E-state index contributed by atoms with van der Waals surface area (Å²) < 4.78 is 0. The lowest BCUT2D eigenvalue weighted by molar-refractivity contribution is -0.128. The number of piperidine rings is 1. The molecule has 0 spiro atoms. The molecule has 5 nitrogen and oxygen atoms in total. The van der Waals surface area contributed by atoms with Crippen molar-refractivity contribution in [2.24, 2.45) is 0 Å². The lowest BCUT2D eigenvalue weighted by atomic mass is 9.99. The van der Waals surface area contributed by atoms with Crippen LogP contribution in [0.4, 0.5) is 0 Å². The molecule has 2 aliphatic heterocycles. The number of carbonyl (C=O) groups excluding carboxylic acids is 1. The number of likely N-dealkylation sites (tertiary alicyclic amines) is 1. The summed E-state index contributed by atoms with van der Waals surface area (Å²) in [4.78, 5) is 17.2. The standard InChI is InChI=1S/C15H30N4O/c1-3-8-18-9-5-13(6-10-18)19-11-7-16-12-14(19)15(20)17-4-2/h13-14,16H,3-12H2,1-2H3,(H,17,20). The van der Waals surface area contributed by atoms with E-state index in [1.165, 1.54) is 38.9 Å². The van der Waals surface area contributed by atoms with E-state index in [1.54, 1.807) is 0 Å². The Morgan fingerprint density at radius 1 is 1.25 bits per heavy atom. The molecular weight excluding hydrogens is 252 g/mol. The molecule has 0 radical (unpaired) electrons. The van der Waals surface area contributed by atoms with Gasteiger partial charge in [0, 0.05) is 32.2 Å². The number of hydrogen-bond acceptors (Lipinski definition) is 4. The van der Waals surface area contributed by atoms with Crippen LogP contribution >= 0.6 is 0 Å². The van der Waals surface area contributed by atoms with Crippen LogP contribution < -0.4 is 10.6 Å². The van der Waals surface area contributed by atoms with Gasteiger partial charge in [-0.2, -0.15) is 0 Å². The molecular formula is C15H30N4O. The Morgan fingerprint density at radius 3 is 2.65 bits per heavy atom. The number of carbonyl (C=O) groups is 1. The van der Waals surface area contributed by atoms with Crippen LogP contribution in [0.25, 0.3) is 0 Å². The van der Waals surface area contributed by atoms with Gasteiger partial charge in [-0.3, -0.25) is 9.69 Å². The number of nitrogens with one attached hydrogen (secondary N) is 2. The largest absolute Gasteiger partial charge is 0.355 e. The molecule has 116 valence electrons. The van der Waals surface area contributed by atoms with E-state index in [2.05, 4.69) is 27.4 Å². The highest BCUT2D eigenvalue weighted by molar-refractivity contribution is 5.82. The predicted octanol–water partition coefficient (Wildman–Crippen LogP) is 0.271. The van der Waals surface area contributed by atoms with Crippen LogP contribution in [0.5, 0.6) is 0 Å². The van der Waals surface area contributed by atoms with Gasteiger partial charge in [0.2, 0.25) is 5.91 Å². The Morgan fingerprint density at radius 2 is 2.00 bits per heavy atom. The Bertz CT molecular complexity index is 302. The molecule has 2 rings (SSSR count). The molecule has 20 heavy (non-hydrogen) atoms. The van der Waals surface area contributed by atoms with Gasteiger partial charge in [0.1, 0.15) is 6.04 Å². The highest BCUT2D eigenvalue weighted by Crippen LogP contribution is 2.20. The molecule has 0 aromatic carbocycles. The van der Waals surface area contributed by atoms with E-state index in [0.29, 0.717) is 6.04 Å². The number of nitrogens with zero attached hydrogens (tertiary/aromatic N) is 2. The zero-order chi connectivity index (χ0) is 14.4. The van der Waals surface area contributed by atoms with Crippen LogP contribution in [-0.4, -0.2) is 73.6 Å². The zero-order valence-corrected chi connectivity index (χ0v) is 13.0. The van der Waals surface area contributed by atoms with E-state index in [9.17, 15) is 4.79 Å². The minimum Gasteiger partial charge on any atom is -0.355 e. The van der Waals surface area contributed by atoms with Crippen LogP contribution in [-0.2, 0) is 4.79 Å². The molecule has 0 aliphatic carbocycles. The molecule has 1 unspecified atom stereocenters. The summed E-state index contributed by atoms with van der Waals surface area (Å²) >= 11 is 0. The number of likely N-dealkylation sites (N-methyl/N-ethyl adjacent to an activating group) is 1. The van der Waals surface area contributed by atoms with Gasteiger partial charge in [-0.25, -0.2) is 0 Å². The normalized spacial score (nSPS) is 26.6. The molecule has 5 heteroatoms. The van der Waals surface area contributed by atoms with Crippen molar-refractivity contribution in [2.75, 3.05) is 45.8 Å². The van der Waals surface area contributed by atoms with Crippen molar-refractivity contribution in [2.45, 2.75) is 45.2 Å². The number of rotatable bonds is 5. The highest BCUT2D eigenvalue weighted by atomic mass is 16.2. The van der Waals surface area contributed by atoms with Crippen molar-refractivity contribution in [3.8, 4) is 0 Å². The summed E-state index contributed by atoms with van der Waals surface area (Å²) in [6, 6.07) is 0.601. The van der Waals surface area contributed by atoms with Gasteiger partial charge < -0.3 is 15.5 Å². The molecule has 0 aromatic rings. The Labute approximate surface area is 123 Å². The van der Waals surface area contributed by atoms with E-state index in [4.69, 9.17) is 0 Å². The van der Waals surface area contributed by atoms with Gasteiger partial charge >= 0.3 is 0 Å². The second-order valence-corrected chi connectivity index (χ2v) is 5.93. The quantitative estimate of drug-likeness (QED) is 0.760. The fraction of sp³-hybridized carbons (Fsp3) is 0.933. The maximum atomic E-state index is 12.2.